The quantitative estimate of drug-likeness (QED) is 0.774. The molecule has 1 atom stereocenters. The van der Waals surface area contributed by atoms with E-state index in [-0.39, 0.29) is 5.91 Å². The lowest BCUT2D eigenvalue weighted by Gasteiger charge is -2.18. The molecule has 0 bridgehead atoms. The molecule has 0 aromatic heterocycles. The highest BCUT2D eigenvalue weighted by Crippen LogP contribution is 2.27. The minimum absolute atomic E-state index is 0.197. The fourth-order valence-electron chi connectivity index (χ4n) is 2.31. The third kappa shape index (κ3) is 5.03. The van der Waals surface area contributed by atoms with Crippen LogP contribution < -0.4 is 19.5 Å². The Bertz CT molecular complexity index is 720. The summed E-state index contributed by atoms with van der Waals surface area (Å²) in [5, 5.41) is 3.36. The largest absolute Gasteiger partial charge is 0.493 e. The maximum Gasteiger partial charge on any atom is 0.261 e. The van der Waals surface area contributed by atoms with Crippen molar-refractivity contribution in [2.75, 3.05) is 14.2 Å². The van der Waals surface area contributed by atoms with E-state index in [9.17, 15) is 4.79 Å². The van der Waals surface area contributed by atoms with E-state index in [1.54, 1.807) is 32.4 Å². The number of ether oxygens (including phenoxy) is 3. The van der Waals surface area contributed by atoms with Crippen molar-refractivity contribution in [2.45, 2.75) is 26.0 Å². The average Bonchev–Trinajstić information content (AvgIpc) is 2.65. The van der Waals surface area contributed by atoms with Gasteiger partial charge < -0.3 is 19.5 Å². The molecular formula is C19H22ClNO4. The zero-order valence-electron chi connectivity index (χ0n) is 14.5. The lowest BCUT2D eigenvalue weighted by Crippen LogP contribution is -2.37. The van der Waals surface area contributed by atoms with Gasteiger partial charge in [0.1, 0.15) is 5.75 Å². The molecule has 0 saturated heterocycles. The predicted octanol–water partition coefficient (Wildman–Crippen LogP) is 3.83. The number of rotatable bonds is 8. The summed E-state index contributed by atoms with van der Waals surface area (Å²) >= 11 is 6.08. The van der Waals surface area contributed by atoms with Gasteiger partial charge in [0, 0.05) is 6.54 Å². The van der Waals surface area contributed by atoms with Crippen LogP contribution in [0.3, 0.4) is 0 Å². The van der Waals surface area contributed by atoms with E-state index in [2.05, 4.69) is 5.32 Å². The molecule has 0 fully saturated rings. The van der Waals surface area contributed by atoms with Gasteiger partial charge in [0.25, 0.3) is 5.91 Å². The molecule has 1 amide bonds. The van der Waals surface area contributed by atoms with Crippen LogP contribution in [-0.4, -0.2) is 26.2 Å². The van der Waals surface area contributed by atoms with Crippen molar-refractivity contribution in [3.8, 4) is 17.2 Å². The van der Waals surface area contributed by atoms with Crippen molar-refractivity contribution in [3.63, 3.8) is 0 Å². The second-order valence-electron chi connectivity index (χ2n) is 5.35. The number of carbonyl (C=O) groups is 1. The van der Waals surface area contributed by atoms with Crippen LogP contribution in [0.25, 0.3) is 0 Å². The summed E-state index contributed by atoms with van der Waals surface area (Å²) in [7, 11) is 3.15. The Hall–Kier alpha value is -2.40. The highest BCUT2D eigenvalue weighted by atomic mass is 35.5. The fourth-order valence-corrected chi connectivity index (χ4v) is 2.49. The summed E-state index contributed by atoms with van der Waals surface area (Å²) in [6.07, 6.45) is -0.0803. The summed E-state index contributed by atoms with van der Waals surface area (Å²) < 4.78 is 16.2. The van der Waals surface area contributed by atoms with Gasteiger partial charge in [-0.15, -0.1) is 0 Å². The summed E-state index contributed by atoms with van der Waals surface area (Å²) in [5.74, 6) is 1.56. The number of hydrogen-bond acceptors (Lipinski definition) is 4. The molecule has 2 aromatic rings. The molecule has 0 saturated carbocycles. The first-order chi connectivity index (χ1) is 12.1. The molecule has 0 radical (unpaired) electrons. The molecule has 0 aliphatic carbocycles. The first kappa shape index (κ1) is 18.9. The molecule has 0 aliphatic rings. The van der Waals surface area contributed by atoms with Gasteiger partial charge in [0.05, 0.1) is 19.2 Å². The van der Waals surface area contributed by atoms with Crippen LogP contribution in [0.5, 0.6) is 17.2 Å². The third-order valence-electron chi connectivity index (χ3n) is 3.68. The number of nitrogens with one attached hydrogen (secondary N) is 1. The average molecular weight is 364 g/mol. The van der Waals surface area contributed by atoms with E-state index in [1.165, 1.54) is 0 Å². The van der Waals surface area contributed by atoms with Gasteiger partial charge in [0.15, 0.2) is 17.6 Å². The molecule has 134 valence electrons. The Kier molecular flexibility index (Phi) is 6.95. The van der Waals surface area contributed by atoms with Crippen molar-refractivity contribution in [1.29, 1.82) is 0 Å². The summed E-state index contributed by atoms with van der Waals surface area (Å²) in [6, 6.07) is 12.6. The Morgan fingerprint density at radius 2 is 1.80 bits per heavy atom. The molecule has 0 spiro atoms. The summed E-state index contributed by atoms with van der Waals surface area (Å²) in [6.45, 7) is 2.25. The smallest absolute Gasteiger partial charge is 0.261 e. The van der Waals surface area contributed by atoms with Crippen LogP contribution in [-0.2, 0) is 11.3 Å². The molecule has 0 unspecified atom stereocenters. The normalized spacial score (nSPS) is 11.5. The first-order valence-corrected chi connectivity index (χ1v) is 8.36. The van der Waals surface area contributed by atoms with Gasteiger partial charge >= 0.3 is 0 Å². The number of carbonyl (C=O) groups excluding carboxylic acids is 1. The number of hydrogen-bond donors (Lipinski definition) is 1. The van der Waals surface area contributed by atoms with E-state index in [0.717, 1.165) is 5.56 Å². The third-order valence-corrected chi connectivity index (χ3v) is 4.00. The topological polar surface area (TPSA) is 56.8 Å². The molecule has 0 heterocycles. The SMILES string of the molecule is CC[C@H](Oc1ccccc1Cl)C(=O)NCc1ccc(OC)c(OC)c1. The van der Waals surface area contributed by atoms with Crippen LogP contribution >= 0.6 is 11.6 Å². The Labute approximate surface area is 152 Å². The second kappa shape index (κ2) is 9.18. The highest BCUT2D eigenvalue weighted by molar-refractivity contribution is 6.32. The number of methoxy groups -OCH3 is 2. The minimum Gasteiger partial charge on any atom is -0.493 e. The lowest BCUT2D eigenvalue weighted by atomic mass is 10.2. The van der Waals surface area contributed by atoms with E-state index in [0.29, 0.717) is 35.2 Å². The number of benzene rings is 2. The van der Waals surface area contributed by atoms with Gasteiger partial charge in [0.2, 0.25) is 0 Å². The number of halogens is 1. The van der Waals surface area contributed by atoms with Crippen molar-refractivity contribution < 1.29 is 19.0 Å². The summed E-state index contributed by atoms with van der Waals surface area (Å²) in [4.78, 5) is 12.4. The molecule has 6 heteroatoms. The maximum absolute atomic E-state index is 12.4. The number of para-hydroxylation sites is 1. The van der Waals surface area contributed by atoms with Gasteiger partial charge in [-0.1, -0.05) is 36.7 Å². The van der Waals surface area contributed by atoms with Crippen molar-refractivity contribution in [3.05, 3.63) is 53.1 Å². The van der Waals surface area contributed by atoms with Gasteiger partial charge in [-0.2, -0.15) is 0 Å². The molecule has 25 heavy (non-hydrogen) atoms. The van der Waals surface area contributed by atoms with Gasteiger partial charge in [-0.05, 0) is 36.2 Å². The van der Waals surface area contributed by atoms with Crippen LogP contribution in [0.15, 0.2) is 42.5 Å². The zero-order valence-corrected chi connectivity index (χ0v) is 15.3. The predicted molar refractivity (Wildman–Crippen MR) is 97.6 cm³/mol. The molecular weight excluding hydrogens is 342 g/mol. The monoisotopic (exact) mass is 363 g/mol. The van der Waals surface area contributed by atoms with Crippen molar-refractivity contribution >= 4 is 17.5 Å². The van der Waals surface area contributed by atoms with Crippen LogP contribution in [0.4, 0.5) is 0 Å². The van der Waals surface area contributed by atoms with E-state index < -0.39 is 6.10 Å². The van der Waals surface area contributed by atoms with Gasteiger partial charge in [-0.3, -0.25) is 4.79 Å². The van der Waals surface area contributed by atoms with Crippen LogP contribution in [0.2, 0.25) is 5.02 Å². The van der Waals surface area contributed by atoms with Gasteiger partial charge in [-0.25, -0.2) is 0 Å². The van der Waals surface area contributed by atoms with Crippen LogP contribution in [0.1, 0.15) is 18.9 Å². The zero-order chi connectivity index (χ0) is 18.2. The summed E-state index contributed by atoms with van der Waals surface area (Å²) in [5.41, 5.74) is 0.901. The molecule has 2 aromatic carbocycles. The minimum atomic E-state index is -0.611. The highest BCUT2D eigenvalue weighted by Gasteiger charge is 2.19. The number of amides is 1. The molecule has 0 aliphatic heterocycles. The Morgan fingerprint density at radius 3 is 2.44 bits per heavy atom. The fraction of sp³-hybridized carbons (Fsp3) is 0.316. The maximum atomic E-state index is 12.4. The Morgan fingerprint density at radius 1 is 1.08 bits per heavy atom. The van der Waals surface area contributed by atoms with E-state index >= 15 is 0 Å². The molecule has 2 rings (SSSR count). The molecule has 1 N–H and O–H groups in total. The van der Waals surface area contributed by atoms with Crippen molar-refractivity contribution in [1.82, 2.24) is 5.32 Å². The van der Waals surface area contributed by atoms with Crippen molar-refractivity contribution in [2.24, 2.45) is 0 Å². The Balaban J connectivity index is 1.99. The van der Waals surface area contributed by atoms with E-state index in [4.69, 9.17) is 25.8 Å². The van der Waals surface area contributed by atoms with Crippen LogP contribution in [0, 0.1) is 0 Å². The first-order valence-electron chi connectivity index (χ1n) is 7.98. The van der Waals surface area contributed by atoms with E-state index in [1.807, 2.05) is 31.2 Å². The molecule has 5 nitrogen and oxygen atoms in total. The lowest BCUT2D eigenvalue weighted by molar-refractivity contribution is -0.128. The standard InChI is InChI=1S/C19H22ClNO4/c1-4-15(25-16-8-6-5-7-14(16)20)19(22)21-12-13-9-10-17(23-2)18(11-13)24-3/h5-11,15H,4,12H2,1-3H3,(H,21,22)/t15-/m0/s1. The second-order valence-corrected chi connectivity index (χ2v) is 5.76.